The third-order valence-corrected chi connectivity index (χ3v) is 2.58. The van der Waals surface area contributed by atoms with Gasteiger partial charge in [0.15, 0.2) is 0 Å². The normalized spacial score (nSPS) is 11.4. The number of methoxy groups -OCH3 is 2. The molecule has 0 radical (unpaired) electrons. The molecule has 1 aromatic rings. The quantitative estimate of drug-likeness (QED) is 0.730. The third-order valence-electron chi connectivity index (χ3n) is 2.37. The number of halogens is 1. The van der Waals surface area contributed by atoms with Crippen molar-refractivity contribution in [1.29, 1.82) is 0 Å². The van der Waals surface area contributed by atoms with Crippen LogP contribution >= 0.6 is 11.6 Å². The van der Waals surface area contributed by atoms with Gasteiger partial charge in [-0.25, -0.2) is 0 Å². The predicted molar refractivity (Wildman–Crippen MR) is 68.5 cm³/mol. The fraction of sp³-hybridized carbons (Fsp3) is 0.385. The molecule has 0 bridgehead atoms. The zero-order valence-corrected chi connectivity index (χ0v) is 10.7. The van der Waals surface area contributed by atoms with Gasteiger partial charge in [-0.05, 0) is 36.6 Å². The van der Waals surface area contributed by atoms with Gasteiger partial charge in [-0.2, -0.15) is 0 Å². The van der Waals surface area contributed by atoms with Gasteiger partial charge >= 0.3 is 0 Å². The monoisotopic (exact) mass is 240 g/mol. The van der Waals surface area contributed by atoms with Crippen molar-refractivity contribution in [2.75, 3.05) is 20.1 Å². The number of hydrogen-bond donors (Lipinski definition) is 0. The molecule has 0 fully saturated rings. The zero-order chi connectivity index (χ0) is 12.0. The first-order valence-corrected chi connectivity index (χ1v) is 5.71. The molecule has 0 aliphatic carbocycles. The molecule has 16 heavy (non-hydrogen) atoms. The lowest BCUT2D eigenvalue weighted by atomic mass is 10.1. The first kappa shape index (κ1) is 12.9. The van der Waals surface area contributed by atoms with Crippen LogP contribution in [0.3, 0.4) is 0 Å². The van der Waals surface area contributed by atoms with Crippen molar-refractivity contribution in [3.8, 4) is 11.5 Å². The Morgan fingerprint density at radius 2 is 1.75 bits per heavy atom. The van der Waals surface area contributed by atoms with Gasteiger partial charge in [0.2, 0.25) is 0 Å². The molecule has 0 atom stereocenters. The minimum atomic E-state index is 0.637. The molecule has 0 spiro atoms. The van der Waals surface area contributed by atoms with E-state index >= 15 is 0 Å². The molecular formula is C13H17ClO2. The van der Waals surface area contributed by atoms with Crippen molar-refractivity contribution >= 4 is 17.2 Å². The molecule has 0 saturated heterocycles. The van der Waals surface area contributed by atoms with Crippen LogP contribution < -0.4 is 9.47 Å². The molecule has 0 N–H and O–H groups in total. The van der Waals surface area contributed by atoms with E-state index in [9.17, 15) is 0 Å². The van der Waals surface area contributed by atoms with Crippen LogP contribution in [-0.2, 0) is 0 Å². The average molecular weight is 241 g/mol. The van der Waals surface area contributed by atoms with Crippen LogP contribution in [0, 0.1) is 0 Å². The van der Waals surface area contributed by atoms with E-state index in [-0.39, 0.29) is 0 Å². The average Bonchev–Trinajstić information content (AvgIpc) is 2.35. The maximum atomic E-state index is 5.66. The Kier molecular flexibility index (Phi) is 5.20. The number of ether oxygens (including phenoxy) is 2. The Hall–Kier alpha value is -1.15. The number of allylic oxidation sites excluding steroid dienone is 2. The summed E-state index contributed by atoms with van der Waals surface area (Å²) in [6.45, 7) is 2.06. The van der Waals surface area contributed by atoms with E-state index in [1.807, 2.05) is 18.2 Å². The van der Waals surface area contributed by atoms with Gasteiger partial charge in [-0.3, -0.25) is 0 Å². The van der Waals surface area contributed by atoms with Crippen LogP contribution in [-0.4, -0.2) is 20.1 Å². The van der Waals surface area contributed by atoms with Crippen LogP contribution in [0.4, 0.5) is 0 Å². The van der Waals surface area contributed by atoms with Gasteiger partial charge in [0.05, 0.1) is 14.2 Å². The fourth-order valence-electron chi connectivity index (χ4n) is 1.42. The fourth-order valence-corrected chi connectivity index (χ4v) is 1.53. The van der Waals surface area contributed by atoms with Crippen LogP contribution in [0.25, 0.3) is 5.57 Å². The molecule has 3 heteroatoms. The van der Waals surface area contributed by atoms with Gasteiger partial charge in [-0.1, -0.05) is 6.08 Å². The molecule has 2 nitrogen and oxygen atoms in total. The summed E-state index contributed by atoms with van der Waals surface area (Å²) in [7, 11) is 3.30. The van der Waals surface area contributed by atoms with Crippen molar-refractivity contribution in [3.63, 3.8) is 0 Å². The molecular weight excluding hydrogens is 224 g/mol. The molecule has 0 aliphatic rings. The standard InChI is InChI=1S/C13H17ClO2/c1-10(5-4-6-14)11-7-12(15-2)9-13(8-11)16-3/h5,7-9H,4,6H2,1-3H3. The van der Waals surface area contributed by atoms with Crippen molar-refractivity contribution < 1.29 is 9.47 Å². The molecule has 0 aromatic heterocycles. The minimum Gasteiger partial charge on any atom is -0.497 e. The van der Waals surface area contributed by atoms with E-state index in [1.54, 1.807) is 14.2 Å². The Bertz CT molecular complexity index is 350. The lowest BCUT2D eigenvalue weighted by Crippen LogP contribution is -1.90. The predicted octanol–water partition coefficient (Wildman–Crippen LogP) is 3.74. The van der Waals surface area contributed by atoms with E-state index in [2.05, 4.69) is 13.0 Å². The van der Waals surface area contributed by atoms with Gasteiger partial charge in [-0.15, -0.1) is 11.6 Å². The van der Waals surface area contributed by atoms with Gasteiger partial charge in [0.25, 0.3) is 0 Å². The summed E-state index contributed by atoms with van der Waals surface area (Å²) < 4.78 is 10.4. The Morgan fingerprint density at radius 3 is 2.19 bits per heavy atom. The van der Waals surface area contributed by atoms with Crippen LogP contribution in [0.15, 0.2) is 24.3 Å². The highest BCUT2D eigenvalue weighted by atomic mass is 35.5. The molecule has 0 aliphatic heterocycles. The summed E-state index contributed by atoms with van der Waals surface area (Å²) in [6, 6.07) is 5.84. The molecule has 1 rings (SSSR count). The highest BCUT2D eigenvalue weighted by Crippen LogP contribution is 2.26. The van der Waals surface area contributed by atoms with Crippen LogP contribution in [0.1, 0.15) is 18.9 Å². The highest BCUT2D eigenvalue weighted by molar-refractivity contribution is 6.17. The topological polar surface area (TPSA) is 18.5 Å². The zero-order valence-electron chi connectivity index (χ0n) is 9.92. The first-order chi connectivity index (χ1) is 7.71. The molecule has 0 amide bonds. The number of alkyl halides is 1. The van der Waals surface area contributed by atoms with E-state index in [1.165, 1.54) is 5.57 Å². The number of benzene rings is 1. The largest absolute Gasteiger partial charge is 0.497 e. The Morgan fingerprint density at radius 1 is 1.19 bits per heavy atom. The van der Waals surface area contributed by atoms with E-state index in [4.69, 9.17) is 21.1 Å². The molecule has 0 saturated carbocycles. The first-order valence-electron chi connectivity index (χ1n) is 5.17. The summed E-state index contributed by atoms with van der Waals surface area (Å²) >= 11 is 5.66. The summed E-state index contributed by atoms with van der Waals surface area (Å²) in [6.07, 6.45) is 2.98. The van der Waals surface area contributed by atoms with Crippen LogP contribution in [0.2, 0.25) is 0 Å². The second-order valence-electron chi connectivity index (χ2n) is 3.47. The second-order valence-corrected chi connectivity index (χ2v) is 3.84. The number of rotatable bonds is 5. The van der Waals surface area contributed by atoms with Gasteiger partial charge in [0, 0.05) is 11.9 Å². The van der Waals surface area contributed by atoms with E-state index in [0.717, 1.165) is 23.5 Å². The lowest BCUT2D eigenvalue weighted by molar-refractivity contribution is 0.394. The Balaban J connectivity index is 3.02. The van der Waals surface area contributed by atoms with Crippen molar-refractivity contribution in [2.24, 2.45) is 0 Å². The summed E-state index contributed by atoms with van der Waals surface area (Å²) in [5, 5.41) is 0. The second kappa shape index (κ2) is 6.44. The van der Waals surface area contributed by atoms with E-state index < -0.39 is 0 Å². The van der Waals surface area contributed by atoms with Crippen LogP contribution in [0.5, 0.6) is 11.5 Å². The molecule has 88 valence electrons. The summed E-state index contributed by atoms with van der Waals surface area (Å²) in [5.41, 5.74) is 2.28. The van der Waals surface area contributed by atoms with Gasteiger partial charge < -0.3 is 9.47 Å². The lowest BCUT2D eigenvalue weighted by Gasteiger charge is -2.08. The van der Waals surface area contributed by atoms with E-state index in [0.29, 0.717) is 5.88 Å². The molecule has 0 unspecified atom stereocenters. The summed E-state index contributed by atoms with van der Waals surface area (Å²) in [5.74, 6) is 2.24. The third kappa shape index (κ3) is 3.46. The van der Waals surface area contributed by atoms with Crippen molar-refractivity contribution in [1.82, 2.24) is 0 Å². The van der Waals surface area contributed by atoms with Crippen molar-refractivity contribution in [2.45, 2.75) is 13.3 Å². The van der Waals surface area contributed by atoms with Crippen molar-refractivity contribution in [3.05, 3.63) is 29.8 Å². The number of hydrogen-bond acceptors (Lipinski definition) is 2. The summed E-state index contributed by atoms with van der Waals surface area (Å²) in [4.78, 5) is 0. The maximum Gasteiger partial charge on any atom is 0.123 e. The smallest absolute Gasteiger partial charge is 0.123 e. The molecule has 1 aromatic carbocycles. The molecule has 0 heterocycles. The van der Waals surface area contributed by atoms with Gasteiger partial charge in [0.1, 0.15) is 11.5 Å². The Labute approximate surface area is 102 Å². The highest BCUT2D eigenvalue weighted by Gasteiger charge is 2.02. The maximum absolute atomic E-state index is 5.66. The SMILES string of the molecule is COc1cc(OC)cc(C(C)=CCCCl)c1. The minimum absolute atomic E-state index is 0.637.